The van der Waals surface area contributed by atoms with Crippen LogP contribution in [-0.2, 0) is 4.79 Å². The summed E-state index contributed by atoms with van der Waals surface area (Å²) in [4.78, 5) is 23.6. The van der Waals surface area contributed by atoms with Crippen molar-refractivity contribution in [2.75, 3.05) is 38.7 Å². The SMILES string of the molecule is CCOc1ccc(-c2csc3ncnc(SCCC(=O)N(CCO)CCO)c23)cc1. The number of rotatable bonds is 11. The molecular weight excluding hydrogens is 422 g/mol. The van der Waals surface area contributed by atoms with Crippen LogP contribution in [0.4, 0.5) is 0 Å². The molecule has 2 heterocycles. The fourth-order valence-corrected chi connectivity index (χ4v) is 4.99. The Bertz CT molecular complexity index is 957. The molecule has 0 saturated heterocycles. The average Bonchev–Trinajstić information content (AvgIpc) is 3.19. The second kappa shape index (κ2) is 11.3. The molecule has 0 bridgehead atoms. The first-order chi connectivity index (χ1) is 14.7. The summed E-state index contributed by atoms with van der Waals surface area (Å²) >= 11 is 3.08. The van der Waals surface area contributed by atoms with Crippen molar-refractivity contribution in [3.8, 4) is 16.9 Å². The van der Waals surface area contributed by atoms with Gasteiger partial charge in [-0.15, -0.1) is 23.1 Å². The van der Waals surface area contributed by atoms with Crippen molar-refractivity contribution >= 4 is 39.2 Å². The number of thiophene rings is 1. The molecule has 2 aromatic heterocycles. The topological polar surface area (TPSA) is 95.8 Å². The summed E-state index contributed by atoms with van der Waals surface area (Å²) in [5.74, 6) is 1.30. The van der Waals surface area contributed by atoms with Crippen LogP contribution in [0.2, 0.25) is 0 Å². The van der Waals surface area contributed by atoms with Crippen LogP contribution in [0.25, 0.3) is 21.3 Å². The van der Waals surface area contributed by atoms with Gasteiger partial charge >= 0.3 is 0 Å². The van der Waals surface area contributed by atoms with E-state index >= 15 is 0 Å². The van der Waals surface area contributed by atoms with Crippen molar-refractivity contribution < 1.29 is 19.7 Å². The Morgan fingerprint density at radius 2 is 1.90 bits per heavy atom. The Labute approximate surface area is 183 Å². The third-order valence-electron chi connectivity index (χ3n) is 4.46. The highest BCUT2D eigenvalue weighted by molar-refractivity contribution is 7.99. The first-order valence-corrected chi connectivity index (χ1v) is 11.6. The largest absolute Gasteiger partial charge is 0.494 e. The second-order valence-electron chi connectivity index (χ2n) is 6.39. The van der Waals surface area contributed by atoms with Crippen molar-refractivity contribution in [3.05, 3.63) is 36.0 Å². The van der Waals surface area contributed by atoms with Gasteiger partial charge in [-0.25, -0.2) is 9.97 Å². The highest BCUT2D eigenvalue weighted by atomic mass is 32.2. The molecule has 1 amide bonds. The van der Waals surface area contributed by atoms with Crippen LogP contribution in [0.3, 0.4) is 0 Å². The molecule has 0 atom stereocenters. The maximum Gasteiger partial charge on any atom is 0.223 e. The summed E-state index contributed by atoms with van der Waals surface area (Å²) < 4.78 is 5.53. The number of amides is 1. The Kier molecular flexibility index (Phi) is 8.44. The predicted octanol–water partition coefficient (Wildman–Crippen LogP) is 3.05. The molecule has 0 aliphatic heterocycles. The number of thioether (sulfide) groups is 1. The summed E-state index contributed by atoms with van der Waals surface area (Å²) in [6.45, 7) is 2.81. The van der Waals surface area contributed by atoms with E-state index in [9.17, 15) is 4.79 Å². The highest BCUT2D eigenvalue weighted by Gasteiger charge is 2.16. The van der Waals surface area contributed by atoms with E-state index in [1.54, 1.807) is 17.7 Å². The van der Waals surface area contributed by atoms with Crippen LogP contribution in [0.5, 0.6) is 5.75 Å². The summed E-state index contributed by atoms with van der Waals surface area (Å²) in [7, 11) is 0. The van der Waals surface area contributed by atoms with Crippen molar-refractivity contribution in [1.82, 2.24) is 14.9 Å². The minimum atomic E-state index is -0.119. The monoisotopic (exact) mass is 447 g/mol. The molecule has 30 heavy (non-hydrogen) atoms. The summed E-state index contributed by atoms with van der Waals surface area (Å²) in [6.07, 6.45) is 1.85. The quantitative estimate of drug-likeness (QED) is 0.344. The Hall–Kier alpha value is -2.20. The zero-order valence-corrected chi connectivity index (χ0v) is 18.4. The lowest BCUT2D eigenvalue weighted by Gasteiger charge is -2.20. The number of aromatic nitrogens is 2. The summed E-state index contributed by atoms with van der Waals surface area (Å²) in [6, 6.07) is 7.96. The van der Waals surface area contributed by atoms with E-state index in [4.69, 9.17) is 14.9 Å². The lowest BCUT2D eigenvalue weighted by atomic mass is 10.1. The van der Waals surface area contributed by atoms with Gasteiger partial charge in [-0.1, -0.05) is 12.1 Å². The fraction of sp³-hybridized carbons (Fsp3) is 0.381. The lowest BCUT2D eigenvalue weighted by Crippen LogP contribution is -2.36. The van der Waals surface area contributed by atoms with Crippen LogP contribution in [0.1, 0.15) is 13.3 Å². The lowest BCUT2D eigenvalue weighted by molar-refractivity contribution is -0.131. The molecule has 0 fully saturated rings. The van der Waals surface area contributed by atoms with E-state index in [0.29, 0.717) is 18.8 Å². The van der Waals surface area contributed by atoms with Crippen LogP contribution in [0, 0.1) is 0 Å². The number of aliphatic hydroxyl groups is 2. The van der Waals surface area contributed by atoms with Gasteiger partial charge in [-0.3, -0.25) is 4.79 Å². The number of ether oxygens (including phenoxy) is 1. The molecule has 0 spiro atoms. The zero-order chi connectivity index (χ0) is 21.3. The van der Waals surface area contributed by atoms with Gasteiger partial charge in [0.15, 0.2) is 0 Å². The number of benzene rings is 1. The predicted molar refractivity (Wildman–Crippen MR) is 120 cm³/mol. The molecule has 1 aromatic carbocycles. The van der Waals surface area contributed by atoms with Crippen LogP contribution in [0.15, 0.2) is 41.0 Å². The first-order valence-electron chi connectivity index (χ1n) is 9.75. The number of carbonyl (C=O) groups is 1. The van der Waals surface area contributed by atoms with Crippen LogP contribution in [-0.4, -0.2) is 69.7 Å². The van der Waals surface area contributed by atoms with E-state index in [-0.39, 0.29) is 32.2 Å². The van der Waals surface area contributed by atoms with Crippen molar-refractivity contribution in [1.29, 1.82) is 0 Å². The van der Waals surface area contributed by atoms with E-state index in [0.717, 1.165) is 32.1 Å². The molecule has 0 unspecified atom stereocenters. The van der Waals surface area contributed by atoms with Gasteiger partial charge in [0.2, 0.25) is 5.91 Å². The summed E-state index contributed by atoms with van der Waals surface area (Å²) in [5.41, 5.74) is 2.13. The van der Waals surface area contributed by atoms with E-state index in [2.05, 4.69) is 15.3 Å². The summed E-state index contributed by atoms with van der Waals surface area (Å²) in [5, 5.41) is 22.1. The Balaban J connectivity index is 1.75. The number of nitrogens with zero attached hydrogens (tertiary/aromatic N) is 3. The number of hydrogen-bond donors (Lipinski definition) is 2. The molecule has 0 saturated carbocycles. The minimum absolute atomic E-state index is 0.0899. The normalized spacial score (nSPS) is 11.0. The van der Waals surface area contributed by atoms with E-state index in [1.807, 2.05) is 31.2 Å². The fourth-order valence-electron chi connectivity index (χ4n) is 3.06. The van der Waals surface area contributed by atoms with Gasteiger partial charge in [-0.2, -0.15) is 0 Å². The molecule has 3 rings (SSSR count). The third kappa shape index (κ3) is 5.48. The molecule has 0 aliphatic carbocycles. The van der Waals surface area contributed by atoms with Gasteiger partial charge in [0.05, 0.1) is 25.2 Å². The first kappa shape index (κ1) is 22.5. The maximum absolute atomic E-state index is 12.3. The van der Waals surface area contributed by atoms with Gasteiger partial charge in [-0.05, 0) is 24.6 Å². The van der Waals surface area contributed by atoms with Gasteiger partial charge in [0, 0.05) is 36.2 Å². The van der Waals surface area contributed by atoms with E-state index < -0.39 is 0 Å². The Morgan fingerprint density at radius 3 is 2.57 bits per heavy atom. The maximum atomic E-state index is 12.3. The molecule has 9 heteroatoms. The minimum Gasteiger partial charge on any atom is -0.494 e. The third-order valence-corrected chi connectivity index (χ3v) is 6.34. The Morgan fingerprint density at radius 1 is 1.17 bits per heavy atom. The average molecular weight is 448 g/mol. The molecule has 0 aliphatic rings. The zero-order valence-electron chi connectivity index (χ0n) is 16.8. The van der Waals surface area contributed by atoms with Crippen molar-refractivity contribution in [3.63, 3.8) is 0 Å². The van der Waals surface area contributed by atoms with Crippen molar-refractivity contribution in [2.24, 2.45) is 0 Å². The molecular formula is C21H25N3O4S2. The molecule has 2 N–H and O–H groups in total. The van der Waals surface area contributed by atoms with Gasteiger partial charge in [0.25, 0.3) is 0 Å². The molecule has 7 nitrogen and oxygen atoms in total. The van der Waals surface area contributed by atoms with Crippen molar-refractivity contribution in [2.45, 2.75) is 18.4 Å². The highest BCUT2D eigenvalue weighted by Crippen LogP contribution is 2.38. The molecule has 160 valence electrons. The molecule has 0 radical (unpaired) electrons. The van der Waals surface area contributed by atoms with Crippen LogP contribution < -0.4 is 4.74 Å². The van der Waals surface area contributed by atoms with Gasteiger partial charge in [0.1, 0.15) is 21.9 Å². The number of aliphatic hydroxyl groups excluding tert-OH is 2. The number of carbonyl (C=O) groups excluding carboxylic acids is 1. The number of hydrogen-bond acceptors (Lipinski definition) is 8. The standard InChI is InChI=1S/C21H25N3O4S2/c1-2-28-16-5-3-15(4-6-16)17-13-30-21-19(17)20(22-14-23-21)29-12-7-18(27)24(8-10-25)9-11-26/h3-6,13-14,25-26H,2,7-12H2,1H3. The van der Waals surface area contributed by atoms with E-state index in [1.165, 1.54) is 16.7 Å². The van der Waals surface area contributed by atoms with Gasteiger partial charge < -0.3 is 19.8 Å². The smallest absolute Gasteiger partial charge is 0.223 e. The number of fused-ring (bicyclic) bond motifs is 1. The second-order valence-corrected chi connectivity index (χ2v) is 8.33. The van der Waals surface area contributed by atoms with Crippen LogP contribution >= 0.6 is 23.1 Å². The molecule has 3 aromatic rings.